The first-order valence-electron chi connectivity index (χ1n) is 8.22. The van der Waals surface area contributed by atoms with Crippen molar-refractivity contribution in [2.45, 2.75) is 20.1 Å². The molecule has 25 heavy (non-hydrogen) atoms. The zero-order valence-corrected chi connectivity index (χ0v) is 14.1. The Morgan fingerprint density at radius 1 is 1.08 bits per heavy atom. The Balaban J connectivity index is 1.85. The van der Waals surface area contributed by atoms with E-state index in [0.717, 1.165) is 22.4 Å². The lowest BCUT2D eigenvalue weighted by Crippen LogP contribution is -2.18. The molecule has 0 aliphatic carbocycles. The number of fused-ring (bicyclic) bond motifs is 3. The van der Waals surface area contributed by atoms with Crippen LogP contribution in [0, 0.1) is 6.92 Å². The lowest BCUT2D eigenvalue weighted by molar-refractivity contribution is 0.219. The third-order valence-corrected chi connectivity index (χ3v) is 4.08. The van der Waals surface area contributed by atoms with Gasteiger partial charge in [0.2, 0.25) is 5.88 Å². The first kappa shape index (κ1) is 15.4. The number of aryl methyl sites for hydroxylation is 1. The van der Waals surface area contributed by atoms with Crippen molar-refractivity contribution in [1.29, 1.82) is 0 Å². The predicted molar refractivity (Wildman–Crippen MR) is 94.6 cm³/mol. The van der Waals surface area contributed by atoms with Crippen molar-refractivity contribution in [2.24, 2.45) is 0 Å². The Morgan fingerprint density at radius 3 is 2.72 bits per heavy atom. The first-order chi connectivity index (χ1) is 12.3. The van der Waals surface area contributed by atoms with E-state index in [1.165, 1.54) is 0 Å². The smallest absolute Gasteiger partial charge is 0.339 e. The minimum atomic E-state index is -0.380. The molecule has 1 aliphatic heterocycles. The largest absolute Gasteiger partial charge is 0.463 e. The summed E-state index contributed by atoms with van der Waals surface area (Å²) in [5, 5.41) is 11.8. The van der Waals surface area contributed by atoms with E-state index < -0.39 is 0 Å². The van der Waals surface area contributed by atoms with Gasteiger partial charge in [0.1, 0.15) is 0 Å². The summed E-state index contributed by atoms with van der Waals surface area (Å²) in [6, 6.07) is 16.2. The molecule has 0 saturated carbocycles. The number of nitrogens with one attached hydrogen (secondary N) is 1. The molecule has 126 valence electrons. The number of nitrogens with zero attached hydrogens (tertiary/aromatic N) is 3. The van der Waals surface area contributed by atoms with Crippen molar-refractivity contribution in [3.8, 4) is 23.1 Å². The van der Waals surface area contributed by atoms with Gasteiger partial charge < -0.3 is 14.8 Å². The van der Waals surface area contributed by atoms with E-state index in [2.05, 4.69) is 33.5 Å². The zero-order chi connectivity index (χ0) is 17.2. The molecule has 0 amide bonds. The molecule has 4 rings (SSSR count). The van der Waals surface area contributed by atoms with Crippen molar-refractivity contribution in [1.82, 2.24) is 15.2 Å². The van der Waals surface area contributed by atoms with Crippen molar-refractivity contribution in [3.05, 3.63) is 59.7 Å². The second kappa shape index (κ2) is 6.39. The van der Waals surface area contributed by atoms with Crippen LogP contribution in [0.15, 0.2) is 48.5 Å². The topological polar surface area (TPSA) is 69.2 Å². The van der Waals surface area contributed by atoms with Gasteiger partial charge in [-0.25, -0.2) is 0 Å². The molecule has 1 unspecified atom stereocenters. The Hall–Kier alpha value is -3.15. The van der Waals surface area contributed by atoms with Crippen LogP contribution in [0.1, 0.15) is 24.3 Å². The van der Waals surface area contributed by atoms with E-state index >= 15 is 0 Å². The van der Waals surface area contributed by atoms with Crippen LogP contribution in [0.2, 0.25) is 0 Å². The maximum atomic E-state index is 6.19. The quantitative estimate of drug-likeness (QED) is 0.787. The first-order valence-corrected chi connectivity index (χ1v) is 8.22. The highest BCUT2D eigenvalue weighted by Gasteiger charge is 2.26. The molecule has 1 aliphatic rings. The van der Waals surface area contributed by atoms with E-state index in [1.807, 2.05) is 49.4 Å². The lowest BCUT2D eigenvalue weighted by atomic mass is 10.1. The molecule has 1 atom stereocenters. The van der Waals surface area contributed by atoms with Gasteiger partial charge in [-0.05, 0) is 25.5 Å². The third-order valence-electron chi connectivity index (χ3n) is 4.08. The molecular formula is C19H18N4O2. The predicted octanol–water partition coefficient (Wildman–Crippen LogP) is 3.75. The van der Waals surface area contributed by atoms with E-state index in [-0.39, 0.29) is 12.2 Å². The van der Waals surface area contributed by atoms with Gasteiger partial charge in [-0.15, -0.1) is 5.10 Å². The fraction of sp³-hybridized carbons (Fsp3) is 0.211. The molecule has 6 heteroatoms. The van der Waals surface area contributed by atoms with Crippen molar-refractivity contribution in [2.75, 3.05) is 11.9 Å². The van der Waals surface area contributed by atoms with Crippen molar-refractivity contribution >= 4 is 5.69 Å². The van der Waals surface area contributed by atoms with E-state index in [9.17, 15) is 0 Å². The fourth-order valence-corrected chi connectivity index (χ4v) is 2.86. The highest BCUT2D eigenvalue weighted by molar-refractivity contribution is 5.79. The van der Waals surface area contributed by atoms with Gasteiger partial charge in [0.25, 0.3) is 0 Å². The van der Waals surface area contributed by atoms with Gasteiger partial charge in [-0.2, -0.15) is 4.98 Å². The van der Waals surface area contributed by atoms with Crippen molar-refractivity contribution < 1.29 is 9.47 Å². The summed E-state index contributed by atoms with van der Waals surface area (Å²) in [5.41, 5.74) is 4.60. The van der Waals surface area contributed by atoms with Crippen LogP contribution >= 0.6 is 0 Å². The summed E-state index contributed by atoms with van der Waals surface area (Å²) < 4.78 is 11.6. The number of ether oxygens (including phenoxy) is 2. The Bertz CT molecular complexity index is 913. The van der Waals surface area contributed by atoms with Gasteiger partial charge >= 0.3 is 6.01 Å². The highest BCUT2D eigenvalue weighted by Crippen LogP contribution is 2.39. The molecule has 6 nitrogen and oxygen atoms in total. The van der Waals surface area contributed by atoms with Gasteiger partial charge in [-0.3, -0.25) is 0 Å². The van der Waals surface area contributed by atoms with Gasteiger partial charge in [0, 0.05) is 16.8 Å². The molecule has 2 aromatic carbocycles. The number of para-hydroxylation sites is 1. The number of hydrogen-bond acceptors (Lipinski definition) is 6. The standard InChI is InChI=1S/C19H18N4O2/c1-3-24-19-21-18-16(22-23-19)14-10-6-7-11-15(14)20-17(25-18)13-9-5-4-8-12(13)2/h4-11,17,20H,3H2,1-2H3. The summed E-state index contributed by atoms with van der Waals surface area (Å²) in [5.74, 6) is 0.407. The SMILES string of the molecule is CCOc1nnc2c(n1)OC(c1ccccc1C)Nc1ccccc1-2. The number of anilines is 1. The normalized spacial score (nSPS) is 15.2. The molecule has 3 aromatic rings. The second-order valence-electron chi connectivity index (χ2n) is 5.73. The molecule has 0 radical (unpaired) electrons. The maximum absolute atomic E-state index is 6.19. The van der Waals surface area contributed by atoms with Gasteiger partial charge in [0.05, 0.1) is 6.61 Å². The molecule has 0 spiro atoms. The summed E-state index contributed by atoms with van der Waals surface area (Å²) in [6.07, 6.45) is -0.380. The lowest BCUT2D eigenvalue weighted by Gasteiger charge is -2.20. The van der Waals surface area contributed by atoms with Crippen molar-refractivity contribution in [3.63, 3.8) is 0 Å². The summed E-state index contributed by atoms with van der Waals surface area (Å²) in [6.45, 7) is 4.40. The van der Waals surface area contributed by atoms with Gasteiger partial charge in [-0.1, -0.05) is 47.6 Å². The van der Waals surface area contributed by atoms with Gasteiger partial charge in [0.15, 0.2) is 11.9 Å². The number of hydrogen-bond donors (Lipinski definition) is 1. The van der Waals surface area contributed by atoms with Crippen LogP contribution in [-0.2, 0) is 0 Å². The molecule has 1 N–H and O–H groups in total. The number of rotatable bonds is 3. The van der Waals surface area contributed by atoms with Crippen LogP contribution in [0.5, 0.6) is 11.9 Å². The van der Waals surface area contributed by atoms with E-state index in [1.54, 1.807) is 0 Å². The monoisotopic (exact) mass is 334 g/mol. The summed E-state index contributed by atoms with van der Waals surface area (Å²) in [7, 11) is 0. The number of benzene rings is 2. The maximum Gasteiger partial charge on any atom is 0.339 e. The minimum Gasteiger partial charge on any atom is -0.463 e. The van der Waals surface area contributed by atoms with Crippen LogP contribution in [0.4, 0.5) is 5.69 Å². The molecule has 2 heterocycles. The van der Waals surface area contributed by atoms with Crippen LogP contribution in [0.25, 0.3) is 11.3 Å². The Kier molecular flexibility index (Phi) is 3.93. The van der Waals surface area contributed by atoms with E-state index in [4.69, 9.17) is 9.47 Å². The minimum absolute atomic E-state index is 0.212. The fourth-order valence-electron chi connectivity index (χ4n) is 2.86. The van der Waals surface area contributed by atoms with Crippen LogP contribution in [0.3, 0.4) is 0 Å². The average Bonchev–Trinajstić information content (AvgIpc) is 2.79. The molecule has 0 fully saturated rings. The summed E-state index contributed by atoms with van der Waals surface area (Å²) >= 11 is 0. The molecule has 1 aromatic heterocycles. The molecular weight excluding hydrogens is 316 g/mol. The molecule has 0 bridgehead atoms. The zero-order valence-electron chi connectivity index (χ0n) is 14.1. The number of aromatic nitrogens is 3. The van der Waals surface area contributed by atoms with E-state index in [0.29, 0.717) is 18.2 Å². The second-order valence-corrected chi connectivity index (χ2v) is 5.73. The average molecular weight is 334 g/mol. The third kappa shape index (κ3) is 2.87. The Labute approximate surface area is 145 Å². The van der Waals surface area contributed by atoms with Crippen LogP contribution < -0.4 is 14.8 Å². The molecule has 0 saturated heterocycles. The van der Waals surface area contributed by atoms with Crippen LogP contribution in [-0.4, -0.2) is 21.8 Å². The summed E-state index contributed by atoms with van der Waals surface area (Å²) in [4.78, 5) is 4.41. The highest BCUT2D eigenvalue weighted by atomic mass is 16.5. The Morgan fingerprint density at radius 2 is 1.88 bits per heavy atom.